The first-order valence-corrected chi connectivity index (χ1v) is 7.42. The molecule has 0 aliphatic heterocycles. The predicted molar refractivity (Wildman–Crippen MR) is 81.6 cm³/mol. The van der Waals surface area contributed by atoms with Gasteiger partial charge in [0.05, 0.1) is 6.04 Å². The van der Waals surface area contributed by atoms with E-state index in [2.05, 4.69) is 21.2 Å². The number of benzene rings is 2. The van der Waals surface area contributed by atoms with E-state index in [9.17, 15) is 9.18 Å². The quantitative estimate of drug-likeness (QED) is 0.840. The molecule has 0 aliphatic carbocycles. The monoisotopic (exact) mass is 335 g/mol. The van der Waals surface area contributed by atoms with Gasteiger partial charge in [-0.15, -0.1) is 0 Å². The van der Waals surface area contributed by atoms with Gasteiger partial charge in [-0.25, -0.2) is 4.39 Å². The maximum Gasteiger partial charge on any atom is 0.251 e. The van der Waals surface area contributed by atoms with Crippen LogP contribution in [0.1, 0.15) is 27.5 Å². The van der Waals surface area contributed by atoms with Crippen molar-refractivity contribution in [1.82, 2.24) is 5.32 Å². The van der Waals surface area contributed by atoms with Crippen LogP contribution in [0, 0.1) is 12.7 Å². The van der Waals surface area contributed by atoms with Crippen LogP contribution in [-0.2, 0) is 0 Å². The molecule has 2 aromatic carbocycles. The molecule has 0 radical (unpaired) electrons. The summed E-state index contributed by atoms with van der Waals surface area (Å²) >= 11 is 3.39. The number of aryl methyl sites for hydroxylation is 1. The molecule has 1 atom stereocenters. The summed E-state index contributed by atoms with van der Waals surface area (Å²) in [6.07, 6.45) is 0. The second-order valence-electron chi connectivity index (χ2n) is 4.55. The zero-order valence-electron chi connectivity index (χ0n) is 11.1. The fourth-order valence-corrected chi connectivity index (χ4v) is 2.41. The van der Waals surface area contributed by atoms with Gasteiger partial charge in [-0.2, -0.15) is 0 Å². The van der Waals surface area contributed by atoms with Crippen molar-refractivity contribution in [3.8, 4) is 0 Å². The van der Waals surface area contributed by atoms with Crippen LogP contribution < -0.4 is 5.32 Å². The lowest BCUT2D eigenvalue weighted by Crippen LogP contribution is -2.29. The summed E-state index contributed by atoms with van der Waals surface area (Å²) in [7, 11) is 0. The normalized spacial score (nSPS) is 11.9. The molecule has 0 saturated heterocycles. The van der Waals surface area contributed by atoms with Crippen LogP contribution in [0.15, 0.2) is 48.5 Å². The molecule has 20 heavy (non-hydrogen) atoms. The van der Waals surface area contributed by atoms with Crippen LogP contribution in [0.5, 0.6) is 0 Å². The molecule has 2 nitrogen and oxygen atoms in total. The molecule has 0 saturated carbocycles. The van der Waals surface area contributed by atoms with E-state index >= 15 is 0 Å². The Balaban J connectivity index is 2.15. The topological polar surface area (TPSA) is 29.1 Å². The van der Waals surface area contributed by atoms with E-state index < -0.39 is 0 Å². The highest BCUT2D eigenvalue weighted by atomic mass is 79.9. The van der Waals surface area contributed by atoms with Gasteiger partial charge in [-0.1, -0.05) is 52.3 Å². The Morgan fingerprint density at radius 1 is 1.25 bits per heavy atom. The lowest BCUT2D eigenvalue weighted by molar-refractivity contribution is 0.0940. The van der Waals surface area contributed by atoms with Crippen LogP contribution in [0.25, 0.3) is 0 Å². The maximum absolute atomic E-state index is 13.5. The highest BCUT2D eigenvalue weighted by Crippen LogP contribution is 2.16. The maximum atomic E-state index is 13.5. The number of alkyl halides is 1. The average Bonchev–Trinajstić information content (AvgIpc) is 2.48. The van der Waals surface area contributed by atoms with E-state index in [1.165, 1.54) is 6.07 Å². The van der Waals surface area contributed by atoms with E-state index in [0.717, 1.165) is 5.56 Å². The predicted octanol–water partition coefficient (Wildman–Crippen LogP) is 4.00. The van der Waals surface area contributed by atoms with E-state index in [0.29, 0.717) is 16.5 Å². The Labute approximate surface area is 126 Å². The van der Waals surface area contributed by atoms with Crippen LogP contribution in [-0.4, -0.2) is 11.2 Å². The largest absolute Gasteiger partial charge is 0.344 e. The number of halogens is 2. The van der Waals surface area contributed by atoms with Gasteiger partial charge < -0.3 is 5.32 Å². The standard InChI is InChI=1S/C16H15BrFNO/c1-11-7-8-13(9-14(11)18)16(20)19-15(10-17)12-5-3-2-4-6-12/h2-9,15H,10H2,1H3,(H,19,20). The number of amides is 1. The smallest absolute Gasteiger partial charge is 0.251 e. The first-order valence-electron chi connectivity index (χ1n) is 6.29. The van der Waals surface area contributed by atoms with Crippen LogP contribution in [0.2, 0.25) is 0 Å². The number of nitrogens with one attached hydrogen (secondary N) is 1. The lowest BCUT2D eigenvalue weighted by atomic mass is 10.1. The van der Waals surface area contributed by atoms with Crippen molar-refractivity contribution >= 4 is 21.8 Å². The van der Waals surface area contributed by atoms with Crippen LogP contribution >= 0.6 is 15.9 Å². The Morgan fingerprint density at radius 3 is 2.55 bits per heavy atom. The molecule has 1 amide bonds. The van der Waals surface area contributed by atoms with Crippen molar-refractivity contribution < 1.29 is 9.18 Å². The van der Waals surface area contributed by atoms with E-state index in [4.69, 9.17) is 0 Å². The first kappa shape index (κ1) is 14.7. The molecule has 4 heteroatoms. The number of carbonyl (C=O) groups excluding carboxylic acids is 1. The van der Waals surface area contributed by atoms with Crippen molar-refractivity contribution in [3.05, 3.63) is 71.0 Å². The summed E-state index contributed by atoms with van der Waals surface area (Å²) in [5.74, 6) is -0.648. The minimum absolute atomic E-state index is 0.145. The van der Waals surface area contributed by atoms with Gasteiger partial charge in [-0.3, -0.25) is 4.79 Å². The van der Waals surface area contributed by atoms with Crippen molar-refractivity contribution in [2.45, 2.75) is 13.0 Å². The highest BCUT2D eigenvalue weighted by Gasteiger charge is 2.15. The average molecular weight is 336 g/mol. The summed E-state index contributed by atoms with van der Waals surface area (Å²) in [6, 6.07) is 14.0. The molecule has 0 bridgehead atoms. The molecule has 0 aliphatic rings. The molecular weight excluding hydrogens is 321 g/mol. The van der Waals surface area contributed by atoms with Gasteiger partial charge in [0.1, 0.15) is 5.82 Å². The molecule has 0 aromatic heterocycles. The summed E-state index contributed by atoms with van der Waals surface area (Å²) in [4.78, 5) is 12.2. The Kier molecular flexibility index (Phi) is 4.90. The third kappa shape index (κ3) is 3.45. The number of carbonyl (C=O) groups is 1. The van der Waals surface area contributed by atoms with Gasteiger partial charge in [-0.05, 0) is 30.2 Å². The fraction of sp³-hybridized carbons (Fsp3) is 0.188. The fourth-order valence-electron chi connectivity index (χ4n) is 1.87. The molecule has 1 N–H and O–H groups in total. The SMILES string of the molecule is Cc1ccc(C(=O)NC(CBr)c2ccccc2)cc1F. The Morgan fingerprint density at radius 2 is 1.95 bits per heavy atom. The molecule has 0 spiro atoms. The third-order valence-corrected chi connectivity index (χ3v) is 3.74. The van der Waals surface area contributed by atoms with Crippen molar-refractivity contribution in [3.63, 3.8) is 0 Å². The first-order chi connectivity index (χ1) is 9.61. The van der Waals surface area contributed by atoms with Gasteiger partial charge in [0, 0.05) is 10.9 Å². The third-order valence-electron chi connectivity index (χ3n) is 3.10. The molecular formula is C16H15BrFNO. The summed E-state index contributed by atoms with van der Waals surface area (Å²) in [5, 5.41) is 3.49. The molecule has 0 heterocycles. The van der Waals surface area contributed by atoms with E-state index in [1.807, 2.05) is 30.3 Å². The van der Waals surface area contributed by atoms with Gasteiger partial charge in [0.2, 0.25) is 0 Å². The number of rotatable bonds is 4. The summed E-state index contributed by atoms with van der Waals surface area (Å²) in [5.41, 5.74) is 1.86. The van der Waals surface area contributed by atoms with Crippen LogP contribution in [0.4, 0.5) is 4.39 Å². The minimum atomic E-state index is -0.368. The summed E-state index contributed by atoms with van der Waals surface area (Å²) < 4.78 is 13.5. The van der Waals surface area contributed by atoms with Crippen molar-refractivity contribution in [1.29, 1.82) is 0 Å². The molecule has 2 aromatic rings. The van der Waals surface area contributed by atoms with Crippen LogP contribution in [0.3, 0.4) is 0 Å². The second-order valence-corrected chi connectivity index (χ2v) is 5.20. The lowest BCUT2D eigenvalue weighted by Gasteiger charge is -2.16. The minimum Gasteiger partial charge on any atom is -0.344 e. The molecule has 104 valence electrons. The Bertz CT molecular complexity index is 601. The number of hydrogen-bond donors (Lipinski definition) is 1. The number of hydrogen-bond acceptors (Lipinski definition) is 1. The molecule has 2 rings (SSSR count). The Hall–Kier alpha value is -1.68. The zero-order chi connectivity index (χ0) is 14.5. The highest BCUT2D eigenvalue weighted by molar-refractivity contribution is 9.09. The van der Waals surface area contributed by atoms with Gasteiger partial charge in [0.15, 0.2) is 0 Å². The summed E-state index contributed by atoms with van der Waals surface area (Å²) in [6.45, 7) is 1.67. The van der Waals surface area contributed by atoms with E-state index in [-0.39, 0.29) is 17.8 Å². The van der Waals surface area contributed by atoms with Crippen molar-refractivity contribution in [2.24, 2.45) is 0 Å². The van der Waals surface area contributed by atoms with E-state index in [1.54, 1.807) is 19.1 Å². The molecule has 1 unspecified atom stereocenters. The van der Waals surface area contributed by atoms with Gasteiger partial charge >= 0.3 is 0 Å². The zero-order valence-corrected chi connectivity index (χ0v) is 12.7. The second kappa shape index (κ2) is 6.66. The van der Waals surface area contributed by atoms with Gasteiger partial charge in [0.25, 0.3) is 5.91 Å². The van der Waals surface area contributed by atoms with Crippen molar-refractivity contribution in [2.75, 3.05) is 5.33 Å². The molecule has 0 fully saturated rings.